The lowest BCUT2D eigenvalue weighted by atomic mass is 9.86. The third-order valence-electron chi connectivity index (χ3n) is 5.43. The second-order valence-electron chi connectivity index (χ2n) is 9.12. The fourth-order valence-electron chi connectivity index (χ4n) is 3.53. The predicted octanol–water partition coefficient (Wildman–Crippen LogP) is 4.49. The monoisotopic (exact) mass is 444 g/mol. The van der Waals surface area contributed by atoms with Crippen LogP contribution in [0.15, 0.2) is 42.5 Å². The summed E-state index contributed by atoms with van der Waals surface area (Å²) in [6.07, 6.45) is 3.47. The molecule has 0 fully saturated rings. The van der Waals surface area contributed by atoms with Crippen molar-refractivity contribution in [2.24, 2.45) is 0 Å². The molecule has 1 aliphatic rings. The number of nitrogens with zero attached hydrogens (tertiary/aromatic N) is 1. The molecule has 0 saturated heterocycles. The molecule has 1 aliphatic heterocycles. The van der Waals surface area contributed by atoms with E-state index in [2.05, 4.69) is 33.0 Å². The van der Waals surface area contributed by atoms with Gasteiger partial charge in [-0.15, -0.1) is 0 Å². The molecule has 1 unspecified atom stereocenters. The number of benzene rings is 2. The van der Waals surface area contributed by atoms with Crippen LogP contribution in [0.4, 0.5) is 11.4 Å². The number of carbonyl (C=O) groups excluding carboxylic acids is 1. The number of carbonyl (C=O) groups is 1. The van der Waals surface area contributed by atoms with Crippen LogP contribution in [0.3, 0.4) is 0 Å². The summed E-state index contributed by atoms with van der Waals surface area (Å²) in [5.74, 6) is 0.0141. The van der Waals surface area contributed by atoms with Crippen molar-refractivity contribution in [2.45, 2.75) is 58.5 Å². The van der Waals surface area contributed by atoms with E-state index in [1.807, 2.05) is 36.4 Å². The largest absolute Gasteiger partial charge is 0.476 e. The molecule has 1 atom stereocenters. The standard InChI is InChI=1S/C24H32N2O4S/c1-6-7-8-17-9-12-19(13-10-17)25-23(27)22-16-26(31(5,28)29)20-15-18(24(2,3)4)11-14-21(20)30-22/h9-15,22H,6-8,16H2,1-5H3,(H,25,27). The zero-order valence-corrected chi connectivity index (χ0v) is 19.8. The number of nitrogens with one attached hydrogen (secondary N) is 1. The van der Waals surface area contributed by atoms with E-state index in [0.717, 1.165) is 31.1 Å². The van der Waals surface area contributed by atoms with E-state index < -0.39 is 16.1 Å². The van der Waals surface area contributed by atoms with Gasteiger partial charge in [0, 0.05) is 5.69 Å². The second kappa shape index (κ2) is 8.91. The highest BCUT2D eigenvalue weighted by Gasteiger charge is 2.35. The summed E-state index contributed by atoms with van der Waals surface area (Å²) in [7, 11) is -3.58. The minimum absolute atomic E-state index is 0.0696. The minimum Gasteiger partial charge on any atom is -0.476 e. The van der Waals surface area contributed by atoms with Crippen LogP contribution in [0.5, 0.6) is 5.75 Å². The number of aryl methyl sites for hydroxylation is 1. The number of hydrogen-bond donors (Lipinski definition) is 1. The lowest BCUT2D eigenvalue weighted by Gasteiger charge is -2.35. The topological polar surface area (TPSA) is 75.7 Å². The number of rotatable bonds is 6. The first kappa shape index (κ1) is 23.1. The van der Waals surface area contributed by atoms with E-state index in [1.54, 1.807) is 6.07 Å². The average molecular weight is 445 g/mol. The van der Waals surface area contributed by atoms with Gasteiger partial charge in [0.2, 0.25) is 10.0 Å². The van der Waals surface area contributed by atoms with Crippen LogP contribution in [0.2, 0.25) is 0 Å². The van der Waals surface area contributed by atoms with Crippen LogP contribution in [0.1, 0.15) is 51.7 Å². The molecule has 31 heavy (non-hydrogen) atoms. The number of unbranched alkanes of at least 4 members (excludes halogenated alkanes) is 1. The van der Waals surface area contributed by atoms with Crippen molar-refractivity contribution in [2.75, 3.05) is 22.4 Å². The fraction of sp³-hybridized carbons (Fsp3) is 0.458. The third kappa shape index (κ3) is 5.58. The van der Waals surface area contributed by atoms with E-state index in [1.165, 1.54) is 9.87 Å². The van der Waals surface area contributed by atoms with Crippen LogP contribution < -0.4 is 14.4 Å². The molecule has 6 nitrogen and oxygen atoms in total. The lowest BCUT2D eigenvalue weighted by molar-refractivity contribution is -0.122. The maximum absolute atomic E-state index is 12.9. The Bertz CT molecular complexity index is 1040. The van der Waals surface area contributed by atoms with E-state index in [0.29, 0.717) is 17.1 Å². The summed E-state index contributed by atoms with van der Waals surface area (Å²) >= 11 is 0. The van der Waals surface area contributed by atoms with E-state index >= 15 is 0 Å². The highest BCUT2D eigenvalue weighted by atomic mass is 32.2. The van der Waals surface area contributed by atoms with Gasteiger partial charge >= 0.3 is 0 Å². The summed E-state index contributed by atoms with van der Waals surface area (Å²) in [4.78, 5) is 12.9. The van der Waals surface area contributed by atoms with Gasteiger partial charge in [-0.3, -0.25) is 9.10 Å². The average Bonchev–Trinajstić information content (AvgIpc) is 2.70. The molecule has 1 amide bonds. The second-order valence-corrected chi connectivity index (χ2v) is 11.0. The van der Waals surface area contributed by atoms with Crippen molar-refractivity contribution < 1.29 is 17.9 Å². The van der Waals surface area contributed by atoms with Crippen molar-refractivity contribution in [1.29, 1.82) is 0 Å². The zero-order valence-electron chi connectivity index (χ0n) is 18.9. The molecule has 0 radical (unpaired) electrons. The molecule has 2 aromatic carbocycles. The van der Waals surface area contributed by atoms with Gasteiger partial charge < -0.3 is 10.1 Å². The minimum atomic E-state index is -3.58. The van der Waals surface area contributed by atoms with Gasteiger partial charge in [0.05, 0.1) is 18.5 Å². The lowest BCUT2D eigenvalue weighted by Crippen LogP contribution is -2.48. The van der Waals surface area contributed by atoms with E-state index in [9.17, 15) is 13.2 Å². The number of hydrogen-bond acceptors (Lipinski definition) is 4. The van der Waals surface area contributed by atoms with Gasteiger partial charge in [-0.2, -0.15) is 0 Å². The Kier molecular flexibility index (Phi) is 6.65. The Morgan fingerprint density at radius 3 is 2.42 bits per heavy atom. The predicted molar refractivity (Wildman–Crippen MR) is 125 cm³/mol. The molecule has 2 aromatic rings. The number of sulfonamides is 1. The van der Waals surface area contributed by atoms with Crippen molar-refractivity contribution >= 4 is 27.3 Å². The van der Waals surface area contributed by atoms with Crippen molar-refractivity contribution in [1.82, 2.24) is 0 Å². The van der Waals surface area contributed by atoms with Crippen LogP contribution in [0.25, 0.3) is 0 Å². The van der Waals surface area contributed by atoms with Gasteiger partial charge in [0.15, 0.2) is 6.10 Å². The number of amides is 1. The number of fused-ring (bicyclic) bond motifs is 1. The van der Waals surface area contributed by atoms with Crippen LogP contribution in [-0.2, 0) is 26.7 Å². The van der Waals surface area contributed by atoms with Gasteiger partial charge in [-0.05, 0) is 53.6 Å². The van der Waals surface area contributed by atoms with Gasteiger partial charge in [0.1, 0.15) is 5.75 Å². The summed E-state index contributed by atoms with van der Waals surface area (Å²) in [5.41, 5.74) is 3.21. The molecule has 168 valence electrons. The van der Waals surface area contributed by atoms with Gasteiger partial charge in [-0.25, -0.2) is 8.42 Å². The molecule has 0 bridgehead atoms. The highest BCUT2D eigenvalue weighted by Crippen LogP contribution is 2.38. The summed E-state index contributed by atoms with van der Waals surface area (Å²) < 4.78 is 32.2. The zero-order chi connectivity index (χ0) is 22.8. The first-order valence-corrected chi connectivity index (χ1v) is 12.5. The first-order chi connectivity index (χ1) is 14.5. The van der Waals surface area contributed by atoms with Crippen molar-refractivity contribution in [3.05, 3.63) is 53.6 Å². The Balaban J connectivity index is 1.81. The number of ether oxygens (including phenoxy) is 1. The molecule has 7 heteroatoms. The molecule has 3 rings (SSSR count). The fourth-order valence-corrected chi connectivity index (χ4v) is 4.43. The quantitative estimate of drug-likeness (QED) is 0.712. The van der Waals surface area contributed by atoms with Crippen LogP contribution in [0, 0.1) is 0 Å². The third-order valence-corrected chi connectivity index (χ3v) is 6.57. The molecule has 0 aliphatic carbocycles. The van der Waals surface area contributed by atoms with E-state index in [-0.39, 0.29) is 17.9 Å². The Morgan fingerprint density at radius 1 is 1.16 bits per heavy atom. The highest BCUT2D eigenvalue weighted by molar-refractivity contribution is 7.92. The maximum atomic E-state index is 12.9. The SMILES string of the molecule is CCCCc1ccc(NC(=O)C2CN(S(C)(=O)=O)c3cc(C(C)(C)C)ccc3O2)cc1. The Labute approximate surface area is 185 Å². The van der Waals surface area contributed by atoms with Gasteiger partial charge in [-0.1, -0.05) is 52.3 Å². The number of anilines is 2. The molecule has 0 saturated carbocycles. The molecular formula is C24H32N2O4S. The van der Waals surface area contributed by atoms with E-state index in [4.69, 9.17) is 4.74 Å². The summed E-state index contributed by atoms with van der Waals surface area (Å²) in [6.45, 7) is 8.27. The summed E-state index contributed by atoms with van der Waals surface area (Å²) in [6, 6.07) is 13.2. The molecular weight excluding hydrogens is 412 g/mol. The molecule has 0 aromatic heterocycles. The van der Waals surface area contributed by atoms with Crippen molar-refractivity contribution in [3.8, 4) is 5.75 Å². The Hall–Kier alpha value is -2.54. The van der Waals surface area contributed by atoms with Crippen molar-refractivity contribution in [3.63, 3.8) is 0 Å². The summed E-state index contributed by atoms with van der Waals surface area (Å²) in [5, 5.41) is 2.85. The van der Waals surface area contributed by atoms with Crippen LogP contribution >= 0.6 is 0 Å². The normalized spacial score (nSPS) is 16.4. The van der Waals surface area contributed by atoms with Crippen LogP contribution in [-0.4, -0.2) is 33.2 Å². The molecule has 1 N–H and O–H groups in total. The maximum Gasteiger partial charge on any atom is 0.267 e. The Morgan fingerprint density at radius 2 is 1.84 bits per heavy atom. The molecule has 0 spiro atoms. The molecule has 1 heterocycles. The van der Waals surface area contributed by atoms with Gasteiger partial charge in [0.25, 0.3) is 5.91 Å². The smallest absolute Gasteiger partial charge is 0.267 e. The first-order valence-electron chi connectivity index (χ1n) is 10.7.